The Morgan fingerprint density at radius 3 is 2.89 bits per heavy atom. The maximum Gasteiger partial charge on any atom is 0.137 e. The van der Waals surface area contributed by atoms with Gasteiger partial charge in [-0.05, 0) is 27.4 Å². The third-order valence-corrected chi connectivity index (χ3v) is 3.62. The van der Waals surface area contributed by atoms with E-state index < -0.39 is 0 Å². The Morgan fingerprint density at radius 1 is 1.50 bits per heavy atom. The minimum atomic E-state index is -0.303. The lowest BCUT2D eigenvalue weighted by molar-refractivity contribution is 0.191. The van der Waals surface area contributed by atoms with Gasteiger partial charge in [0.2, 0.25) is 0 Å². The molecule has 2 unspecified atom stereocenters. The van der Waals surface area contributed by atoms with Crippen molar-refractivity contribution in [1.82, 2.24) is 14.9 Å². The molecule has 1 aliphatic rings. The fourth-order valence-electron chi connectivity index (χ4n) is 2.46. The van der Waals surface area contributed by atoms with Crippen LogP contribution in [0.5, 0.6) is 0 Å². The van der Waals surface area contributed by atoms with Gasteiger partial charge in [-0.15, -0.1) is 0 Å². The molecule has 0 aromatic carbocycles. The highest BCUT2D eigenvalue weighted by Crippen LogP contribution is 2.29. The predicted octanol–water partition coefficient (Wildman–Crippen LogP) is 0.940. The number of β-amino-alcohol motifs (C(OH)–C–C–N with tert-alkyl or cyclic N) is 1. The monoisotopic (exact) mass is 270 g/mol. The van der Waals surface area contributed by atoms with E-state index in [9.17, 15) is 5.11 Å². The van der Waals surface area contributed by atoms with E-state index in [1.807, 2.05) is 21.0 Å². The maximum absolute atomic E-state index is 9.87. The molecule has 0 bridgehead atoms. The summed E-state index contributed by atoms with van der Waals surface area (Å²) >= 11 is 6.03. The summed E-state index contributed by atoms with van der Waals surface area (Å²) < 4.78 is 0. The Bertz CT molecular complexity index is 427. The lowest BCUT2D eigenvalue weighted by Crippen LogP contribution is -2.38. The number of likely N-dealkylation sites (N-methyl/N-ethyl adjacent to an activating group) is 1. The van der Waals surface area contributed by atoms with Gasteiger partial charge in [-0.1, -0.05) is 11.6 Å². The molecular weight excluding hydrogens is 252 g/mol. The number of aliphatic hydroxyl groups excluding tert-OH is 1. The molecule has 0 saturated carbocycles. The van der Waals surface area contributed by atoms with E-state index in [1.54, 1.807) is 0 Å². The first kappa shape index (κ1) is 13.5. The Labute approximate surface area is 112 Å². The number of hydrogen-bond acceptors (Lipinski definition) is 5. The van der Waals surface area contributed by atoms with Crippen LogP contribution in [-0.2, 0) is 0 Å². The summed E-state index contributed by atoms with van der Waals surface area (Å²) in [6, 6.07) is 0.264. The van der Waals surface area contributed by atoms with E-state index >= 15 is 0 Å². The van der Waals surface area contributed by atoms with Crippen molar-refractivity contribution in [2.24, 2.45) is 0 Å². The third-order valence-electron chi connectivity index (χ3n) is 3.24. The Hall–Kier alpha value is -0.910. The average molecular weight is 271 g/mol. The first-order valence-electron chi connectivity index (χ1n) is 6.05. The summed E-state index contributed by atoms with van der Waals surface area (Å²) in [4.78, 5) is 12.5. The number of anilines is 1. The number of nitrogens with zero attached hydrogens (tertiary/aromatic N) is 4. The molecule has 100 valence electrons. The van der Waals surface area contributed by atoms with E-state index in [4.69, 9.17) is 11.6 Å². The molecule has 1 N–H and O–H groups in total. The first-order chi connectivity index (χ1) is 8.49. The van der Waals surface area contributed by atoms with Crippen molar-refractivity contribution in [2.45, 2.75) is 25.5 Å². The van der Waals surface area contributed by atoms with Gasteiger partial charge in [0.05, 0.1) is 6.10 Å². The zero-order chi connectivity index (χ0) is 13.3. The largest absolute Gasteiger partial charge is 0.391 e. The number of rotatable bonds is 3. The molecule has 2 heterocycles. The van der Waals surface area contributed by atoms with Gasteiger partial charge in [0, 0.05) is 24.7 Å². The van der Waals surface area contributed by atoms with Crippen LogP contribution in [-0.4, -0.2) is 59.3 Å². The van der Waals surface area contributed by atoms with Crippen molar-refractivity contribution in [3.8, 4) is 0 Å². The highest BCUT2D eigenvalue weighted by Gasteiger charge is 2.33. The molecule has 2 atom stereocenters. The molecule has 1 fully saturated rings. The zero-order valence-corrected chi connectivity index (χ0v) is 11.7. The summed E-state index contributed by atoms with van der Waals surface area (Å²) in [7, 11) is 4.06. The molecule has 0 aliphatic carbocycles. The van der Waals surface area contributed by atoms with Crippen LogP contribution in [0, 0.1) is 6.92 Å². The van der Waals surface area contributed by atoms with Crippen molar-refractivity contribution in [1.29, 1.82) is 0 Å². The Kier molecular flexibility index (Phi) is 4.04. The molecule has 2 rings (SSSR count). The van der Waals surface area contributed by atoms with Crippen molar-refractivity contribution >= 4 is 17.4 Å². The molecule has 0 amide bonds. The summed E-state index contributed by atoms with van der Waals surface area (Å²) in [5, 5.41) is 10.3. The number of hydrogen-bond donors (Lipinski definition) is 1. The van der Waals surface area contributed by atoms with Gasteiger partial charge in [0.1, 0.15) is 17.3 Å². The zero-order valence-electron chi connectivity index (χ0n) is 11.0. The summed E-state index contributed by atoms with van der Waals surface area (Å²) in [5.74, 6) is 0.832. The van der Waals surface area contributed by atoms with Crippen LogP contribution in [0.1, 0.15) is 12.0 Å². The van der Waals surface area contributed by atoms with Gasteiger partial charge < -0.3 is 14.9 Å². The highest BCUT2D eigenvalue weighted by atomic mass is 35.5. The van der Waals surface area contributed by atoms with Crippen LogP contribution in [0.2, 0.25) is 5.15 Å². The van der Waals surface area contributed by atoms with Crippen molar-refractivity contribution in [2.75, 3.05) is 32.1 Å². The van der Waals surface area contributed by atoms with Gasteiger partial charge in [0.25, 0.3) is 0 Å². The molecule has 0 radical (unpaired) electrons. The third kappa shape index (κ3) is 2.74. The molecule has 1 aromatic heterocycles. The highest BCUT2D eigenvalue weighted by molar-refractivity contribution is 6.30. The number of aliphatic hydroxyl groups is 1. The summed E-state index contributed by atoms with van der Waals surface area (Å²) in [6.07, 6.45) is 1.93. The van der Waals surface area contributed by atoms with Crippen LogP contribution < -0.4 is 4.90 Å². The van der Waals surface area contributed by atoms with Crippen molar-refractivity contribution < 1.29 is 5.11 Å². The predicted molar refractivity (Wildman–Crippen MR) is 72.1 cm³/mol. The number of aromatic nitrogens is 2. The van der Waals surface area contributed by atoms with Crippen LogP contribution in [0.25, 0.3) is 0 Å². The molecule has 1 saturated heterocycles. The van der Waals surface area contributed by atoms with Gasteiger partial charge in [-0.2, -0.15) is 0 Å². The second-order valence-electron chi connectivity index (χ2n) is 5.07. The van der Waals surface area contributed by atoms with E-state index in [1.165, 1.54) is 6.33 Å². The van der Waals surface area contributed by atoms with E-state index in [0.29, 0.717) is 11.7 Å². The summed E-state index contributed by atoms with van der Waals surface area (Å²) in [5.41, 5.74) is 0.872. The molecule has 1 aromatic rings. The van der Waals surface area contributed by atoms with Crippen molar-refractivity contribution in [3.63, 3.8) is 0 Å². The summed E-state index contributed by atoms with van der Waals surface area (Å²) in [6.45, 7) is 3.40. The fourth-order valence-corrected chi connectivity index (χ4v) is 2.58. The molecule has 18 heavy (non-hydrogen) atoms. The fraction of sp³-hybridized carbons (Fsp3) is 0.667. The van der Waals surface area contributed by atoms with Gasteiger partial charge in [-0.25, -0.2) is 9.97 Å². The maximum atomic E-state index is 9.87. The molecule has 6 heteroatoms. The van der Waals surface area contributed by atoms with Gasteiger partial charge in [-0.3, -0.25) is 0 Å². The Balaban J connectivity index is 2.27. The molecular formula is C12H19ClN4O. The minimum absolute atomic E-state index is 0.264. The van der Waals surface area contributed by atoms with Crippen LogP contribution in [0.3, 0.4) is 0 Å². The molecule has 1 aliphatic heterocycles. The van der Waals surface area contributed by atoms with E-state index in [0.717, 1.165) is 24.3 Å². The minimum Gasteiger partial charge on any atom is -0.391 e. The normalized spacial score (nSPS) is 24.0. The average Bonchev–Trinajstić information content (AvgIpc) is 2.62. The second kappa shape index (κ2) is 5.38. The quantitative estimate of drug-likeness (QED) is 0.829. The lowest BCUT2D eigenvalue weighted by atomic mass is 10.2. The van der Waals surface area contributed by atoms with Crippen molar-refractivity contribution in [3.05, 3.63) is 17.0 Å². The SMILES string of the molecule is Cc1c(Cl)ncnc1N1CC(O)CC1CN(C)C. The second-order valence-corrected chi connectivity index (χ2v) is 5.43. The lowest BCUT2D eigenvalue weighted by Gasteiger charge is -2.28. The Morgan fingerprint density at radius 2 is 2.22 bits per heavy atom. The van der Waals surface area contributed by atoms with E-state index in [2.05, 4.69) is 19.8 Å². The molecule has 0 spiro atoms. The van der Waals surface area contributed by atoms with Gasteiger partial charge >= 0.3 is 0 Å². The topological polar surface area (TPSA) is 52.5 Å². The number of halogens is 1. The standard InChI is InChI=1S/C12H19ClN4O/c1-8-11(13)14-7-15-12(8)17-6-10(18)4-9(17)5-16(2)3/h7,9-10,18H,4-6H2,1-3H3. The van der Waals surface area contributed by atoms with Crippen LogP contribution in [0.15, 0.2) is 6.33 Å². The molecule has 5 nitrogen and oxygen atoms in total. The van der Waals surface area contributed by atoms with Gasteiger partial charge in [0.15, 0.2) is 0 Å². The van der Waals surface area contributed by atoms with Crippen LogP contribution >= 0.6 is 11.6 Å². The van der Waals surface area contributed by atoms with E-state index in [-0.39, 0.29) is 12.1 Å². The smallest absolute Gasteiger partial charge is 0.137 e. The first-order valence-corrected chi connectivity index (χ1v) is 6.43. The van der Waals surface area contributed by atoms with Crippen LogP contribution in [0.4, 0.5) is 5.82 Å².